The number of aliphatic imine (C=N–C) groups is 1. The van der Waals surface area contributed by atoms with E-state index in [9.17, 15) is 9.90 Å². The van der Waals surface area contributed by atoms with E-state index in [1.165, 1.54) is 6.92 Å². The lowest BCUT2D eigenvalue weighted by molar-refractivity contribution is -0.129. The first kappa shape index (κ1) is 25.7. The fourth-order valence-electron chi connectivity index (χ4n) is 4.03. The Kier molecular flexibility index (Phi) is 13.7. The van der Waals surface area contributed by atoms with Crippen molar-refractivity contribution < 1.29 is 9.90 Å². The van der Waals surface area contributed by atoms with Gasteiger partial charge in [0.25, 0.3) is 0 Å². The van der Waals surface area contributed by atoms with Crippen LogP contribution in [0.15, 0.2) is 4.99 Å². The smallest absolute Gasteiger partial charge is 0.236 e. The lowest BCUT2D eigenvalue weighted by atomic mass is 10.1. The van der Waals surface area contributed by atoms with Crippen molar-refractivity contribution in [1.29, 1.82) is 5.26 Å². The molecule has 0 radical (unpaired) electrons. The van der Waals surface area contributed by atoms with E-state index in [1.807, 2.05) is 9.80 Å². The summed E-state index contributed by atoms with van der Waals surface area (Å²) in [5, 5.41) is 20.5. The Bertz CT molecular complexity index is 532. The molecule has 0 aromatic carbocycles. The highest BCUT2D eigenvalue weighted by Crippen LogP contribution is 2.27. The molecule has 0 aromatic heterocycles. The van der Waals surface area contributed by atoms with Crippen molar-refractivity contribution in [3.05, 3.63) is 0 Å². The van der Waals surface area contributed by atoms with Crippen LogP contribution in [0.3, 0.4) is 0 Å². The molecule has 0 bridgehead atoms. The van der Waals surface area contributed by atoms with Crippen molar-refractivity contribution in [3.63, 3.8) is 0 Å². The number of amidine groups is 1. The van der Waals surface area contributed by atoms with Crippen LogP contribution in [-0.4, -0.2) is 71.6 Å². The van der Waals surface area contributed by atoms with Gasteiger partial charge in [-0.1, -0.05) is 13.3 Å². The second-order valence-electron chi connectivity index (χ2n) is 7.73. The fraction of sp³-hybridized carbons (Fsp3) is 0.857. The zero-order valence-corrected chi connectivity index (χ0v) is 18.8. The molecule has 1 saturated heterocycles. The molecular weight excluding hydrogens is 390 g/mol. The molecule has 2 N–H and O–H groups in total. The normalized spacial score (nSPS) is 21.5. The predicted molar refractivity (Wildman–Crippen MR) is 118 cm³/mol. The molecular formula is C21H38ClN5O2. The Morgan fingerprint density at radius 3 is 2.66 bits per heavy atom. The summed E-state index contributed by atoms with van der Waals surface area (Å²) in [6.07, 6.45) is 8.55. The number of hydrogen-bond donors (Lipinski definition) is 2. The van der Waals surface area contributed by atoms with Gasteiger partial charge in [0.05, 0.1) is 12.6 Å². The van der Waals surface area contributed by atoms with Gasteiger partial charge < -0.3 is 20.2 Å². The van der Waals surface area contributed by atoms with E-state index < -0.39 is 0 Å². The summed E-state index contributed by atoms with van der Waals surface area (Å²) in [4.78, 5) is 20.5. The molecule has 7 nitrogen and oxygen atoms in total. The number of nitrogens with one attached hydrogen (secondary N) is 1. The van der Waals surface area contributed by atoms with Crippen LogP contribution in [0.4, 0.5) is 0 Å². The predicted octanol–water partition coefficient (Wildman–Crippen LogP) is 2.93. The van der Waals surface area contributed by atoms with Crippen molar-refractivity contribution in [2.75, 3.05) is 38.9 Å². The number of likely N-dealkylation sites (tertiary alicyclic amines) is 1. The molecule has 8 heteroatoms. The van der Waals surface area contributed by atoms with Gasteiger partial charge in [-0.3, -0.25) is 9.79 Å². The van der Waals surface area contributed by atoms with Crippen molar-refractivity contribution in [2.24, 2.45) is 10.9 Å². The second-order valence-corrected chi connectivity index (χ2v) is 7.97. The van der Waals surface area contributed by atoms with E-state index in [0.717, 1.165) is 76.8 Å². The van der Waals surface area contributed by atoms with Gasteiger partial charge in [0.1, 0.15) is 18.6 Å². The van der Waals surface area contributed by atoms with Crippen molar-refractivity contribution in [2.45, 2.75) is 71.3 Å². The van der Waals surface area contributed by atoms with E-state index in [2.05, 4.69) is 17.2 Å². The Hall–Kier alpha value is -1.36. The molecule has 0 spiro atoms. The number of halogens is 1. The summed E-state index contributed by atoms with van der Waals surface area (Å²) in [6, 6.07) is 2.39. The third-order valence-corrected chi connectivity index (χ3v) is 5.67. The van der Waals surface area contributed by atoms with E-state index >= 15 is 0 Å². The van der Waals surface area contributed by atoms with Gasteiger partial charge >= 0.3 is 0 Å². The highest BCUT2D eigenvalue weighted by atomic mass is 35.5. The average Bonchev–Trinajstić information content (AvgIpc) is 3.40. The first-order valence-corrected chi connectivity index (χ1v) is 11.4. The Balaban J connectivity index is 0.00000132. The van der Waals surface area contributed by atoms with E-state index in [1.54, 1.807) is 6.07 Å². The fourth-order valence-corrected chi connectivity index (χ4v) is 4.17. The highest BCUT2D eigenvalue weighted by Gasteiger charge is 2.28. The lowest BCUT2D eigenvalue weighted by Crippen LogP contribution is -2.40. The van der Waals surface area contributed by atoms with Crippen LogP contribution in [0.2, 0.25) is 0 Å². The first-order valence-electron chi connectivity index (χ1n) is 10.9. The van der Waals surface area contributed by atoms with Crippen molar-refractivity contribution in [3.8, 4) is 6.07 Å². The number of carbonyl (C=O) groups is 1. The van der Waals surface area contributed by atoms with Gasteiger partial charge in [-0.2, -0.15) is 5.26 Å². The molecule has 2 rings (SSSR count). The van der Waals surface area contributed by atoms with E-state index in [-0.39, 0.29) is 18.6 Å². The minimum absolute atomic E-state index is 0.0124. The average molecular weight is 428 g/mol. The summed E-state index contributed by atoms with van der Waals surface area (Å²) < 4.78 is 0. The number of alkyl halides is 1. The summed E-state index contributed by atoms with van der Waals surface area (Å²) in [7, 11) is 0. The summed E-state index contributed by atoms with van der Waals surface area (Å²) in [5.74, 6) is 1.67. The van der Waals surface area contributed by atoms with Crippen molar-refractivity contribution >= 4 is 23.3 Å². The van der Waals surface area contributed by atoms with Gasteiger partial charge in [-0.25, -0.2) is 0 Å². The van der Waals surface area contributed by atoms with Crippen LogP contribution in [0, 0.1) is 17.2 Å². The number of rotatable bonds is 10. The second kappa shape index (κ2) is 15.5. The molecule has 1 heterocycles. The Labute approximate surface area is 181 Å². The van der Waals surface area contributed by atoms with Crippen LogP contribution in [0.25, 0.3) is 0 Å². The maximum atomic E-state index is 12.2. The number of carbonyl (C=O) groups excluding carboxylic acids is 1. The molecule has 2 unspecified atom stereocenters. The quantitative estimate of drug-likeness (QED) is 0.184. The standard InChI is InChI=1S/C19H35ClN4O2.C2H3N/c1-2-3-6-18(22-14-20)24(15-25)13-16-7-8-17(11-16)21-12-19(26)23-9-4-5-10-23;1-2-3/h16-17,21,25H,2-15H2,1H3;1H3/b22-18-;. The first-order chi connectivity index (χ1) is 14.1. The van der Waals surface area contributed by atoms with Gasteiger partial charge in [-0.15, -0.1) is 11.6 Å². The molecule has 166 valence electrons. The topological polar surface area (TPSA) is 92.0 Å². The molecule has 0 aromatic rings. The molecule has 1 aliphatic heterocycles. The molecule has 2 atom stereocenters. The minimum atomic E-state index is -0.0124. The number of unbranched alkanes of at least 4 members (excludes halogenated alkanes) is 1. The summed E-state index contributed by atoms with van der Waals surface area (Å²) in [5.41, 5.74) is 0. The summed E-state index contributed by atoms with van der Waals surface area (Å²) in [6.45, 7) is 6.67. The zero-order valence-electron chi connectivity index (χ0n) is 18.1. The number of aliphatic hydroxyl groups excluding tert-OH is 1. The number of nitrogens with zero attached hydrogens (tertiary/aromatic N) is 4. The number of hydrogen-bond acceptors (Lipinski definition) is 5. The number of aliphatic hydroxyl groups is 1. The third kappa shape index (κ3) is 9.79. The van der Waals surface area contributed by atoms with E-state index in [0.29, 0.717) is 18.5 Å². The Morgan fingerprint density at radius 2 is 2.07 bits per heavy atom. The largest absolute Gasteiger partial charge is 0.376 e. The van der Waals surface area contributed by atoms with Crippen LogP contribution < -0.4 is 5.32 Å². The molecule has 2 fully saturated rings. The molecule has 1 amide bonds. The SMILES string of the molecule is CC#N.CCCC/C(=N/CCl)N(CO)CC1CCC(NCC(=O)N2CCCC2)C1. The van der Waals surface area contributed by atoms with Gasteiger partial charge in [0, 0.05) is 39.0 Å². The van der Waals surface area contributed by atoms with Gasteiger partial charge in [-0.05, 0) is 44.4 Å². The number of amides is 1. The van der Waals surface area contributed by atoms with Crippen LogP contribution in [0.1, 0.15) is 65.2 Å². The van der Waals surface area contributed by atoms with Gasteiger partial charge in [0.15, 0.2) is 0 Å². The van der Waals surface area contributed by atoms with Crippen LogP contribution in [0.5, 0.6) is 0 Å². The maximum absolute atomic E-state index is 12.2. The van der Waals surface area contributed by atoms with Crippen molar-refractivity contribution in [1.82, 2.24) is 15.1 Å². The monoisotopic (exact) mass is 427 g/mol. The number of nitriles is 1. The van der Waals surface area contributed by atoms with E-state index in [4.69, 9.17) is 16.9 Å². The van der Waals surface area contributed by atoms with Gasteiger partial charge in [0.2, 0.25) is 5.91 Å². The van der Waals surface area contributed by atoms with Crippen LogP contribution in [-0.2, 0) is 4.79 Å². The zero-order chi connectivity index (χ0) is 21.5. The lowest BCUT2D eigenvalue weighted by Gasteiger charge is -2.27. The molecule has 1 aliphatic carbocycles. The minimum Gasteiger partial charge on any atom is -0.376 e. The highest BCUT2D eigenvalue weighted by molar-refractivity contribution is 6.18. The summed E-state index contributed by atoms with van der Waals surface area (Å²) >= 11 is 5.80. The Morgan fingerprint density at radius 1 is 1.38 bits per heavy atom. The molecule has 2 aliphatic rings. The maximum Gasteiger partial charge on any atom is 0.236 e. The molecule has 1 saturated carbocycles. The van der Waals surface area contributed by atoms with Crippen LogP contribution >= 0.6 is 11.6 Å². The third-order valence-electron chi connectivity index (χ3n) is 5.55. The molecule has 29 heavy (non-hydrogen) atoms.